The van der Waals surface area contributed by atoms with Crippen molar-refractivity contribution < 1.29 is 4.79 Å². The number of hydrogen-bond donors (Lipinski definition) is 2. The van der Waals surface area contributed by atoms with Crippen molar-refractivity contribution in [1.29, 1.82) is 0 Å². The van der Waals surface area contributed by atoms with Gasteiger partial charge in [0.25, 0.3) is 5.91 Å². The number of thiazole rings is 1. The number of nitrogens with zero attached hydrogens (tertiary/aromatic N) is 2. The topological polar surface area (TPSA) is 70.7 Å². The van der Waals surface area contributed by atoms with Gasteiger partial charge >= 0.3 is 0 Å². The van der Waals surface area contributed by atoms with Crippen molar-refractivity contribution in [3.05, 3.63) is 28.3 Å². The summed E-state index contributed by atoms with van der Waals surface area (Å²) < 4.78 is 0. The zero-order chi connectivity index (χ0) is 11.7. The highest BCUT2D eigenvalue weighted by Crippen LogP contribution is 2.21. The van der Waals surface area contributed by atoms with Gasteiger partial charge < -0.3 is 4.98 Å². The number of carbonyl (C=O) groups is 1. The third kappa shape index (κ3) is 1.96. The third-order valence-corrected chi connectivity index (χ3v) is 3.28. The lowest BCUT2D eigenvalue weighted by Crippen LogP contribution is -2.13. The molecule has 2 rings (SSSR count). The molecule has 84 valence electrons. The first-order chi connectivity index (χ1) is 7.58. The summed E-state index contributed by atoms with van der Waals surface area (Å²) in [6.45, 7) is 5.70. The molecule has 0 saturated heterocycles. The molecule has 0 fully saturated rings. The van der Waals surface area contributed by atoms with E-state index in [4.69, 9.17) is 0 Å². The fourth-order valence-corrected chi connectivity index (χ4v) is 2.08. The lowest BCUT2D eigenvalue weighted by Gasteiger charge is -1.98. The van der Waals surface area contributed by atoms with Crippen LogP contribution in [0.2, 0.25) is 0 Å². The lowest BCUT2D eigenvalue weighted by atomic mass is 10.3. The SMILES string of the molecule is Cc1nc(NC(=O)c2nc[nH]c2C)sc1C. The van der Waals surface area contributed by atoms with Crippen LogP contribution in [-0.4, -0.2) is 20.9 Å². The number of aromatic amines is 1. The van der Waals surface area contributed by atoms with Crippen molar-refractivity contribution in [1.82, 2.24) is 15.0 Å². The van der Waals surface area contributed by atoms with Gasteiger partial charge in [-0.25, -0.2) is 9.97 Å². The molecule has 2 aromatic rings. The van der Waals surface area contributed by atoms with Crippen LogP contribution >= 0.6 is 11.3 Å². The van der Waals surface area contributed by atoms with Gasteiger partial charge in [-0.1, -0.05) is 0 Å². The highest BCUT2D eigenvalue weighted by molar-refractivity contribution is 7.15. The third-order valence-electron chi connectivity index (χ3n) is 2.29. The molecule has 16 heavy (non-hydrogen) atoms. The highest BCUT2D eigenvalue weighted by Gasteiger charge is 2.13. The fraction of sp³-hybridized carbons (Fsp3) is 0.300. The summed E-state index contributed by atoms with van der Waals surface area (Å²) >= 11 is 1.46. The number of carbonyl (C=O) groups excluding carboxylic acids is 1. The Morgan fingerprint density at radius 2 is 2.19 bits per heavy atom. The monoisotopic (exact) mass is 236 g/mol. The van der Waals surface area contributed by atoms with Gasteiger partial charge in [-0.15, -0.1) is 11.3 Å². The minimum absolute atomic E-state index is 0.229. The average Bonchev–Trinajstić information content (AvgIpc) is 2.74. The van der Waals surface area contributed by atoms with E-state index in [1.54, 1.807) is 6.92 Å². The summed E-state index contributed by atoms with van der Waals surface area (Å²) in [5.41, 5.74) is 2.10. The minimum Gasteiger partial charge on any atom is -0.348 e. The molecule has 0 spiro atoms. The van der Waals surface area contributed by atoms with E-state index in [0.717, 1.165) is 16.3 Å². The van der Waals surface area contributed by atoms with Crippen molar-refractivity contribution in [3.63, 3.8) is 0 Å². The molecule has 5 nitrogen and oxygen atoms in total. The molecule has 0 radical (unpaired) electrons. The predicted octanol–water partition coefficient (Wildman–Crippen LogP) is 2.04. The summed E-state index contributed by atoms with van der Waals surface area (Å²) in [6, 6.07) is 0. The number of aryl methyl sites for hydroxylation is 3. The first-order valence-corrected chi connectivity index (χ1v) is 5.65. The van der Waals surface area contributed by atoms with Gasteiger partial charge in [-0.3, -0.25) is 10.1 Å². The van der Waals surface area contributed by atoms with Gasteiger partial charge in [0.15, 0.2) is 5.13 Å². The zero-order valence-corrected chi connectivity index (χ0v) is 10.1. The summed E-state index contributed by atoms with van der Waals surface area (Å²) in [5, 5.41) is 3.35. The fourth-order valence-electron chi connectivity index (χ4n) is 1.27. The van der Waals surface area contributed by atoms with Crippen LogP contribution in [0.1, 0.15) is 26.8 Å². The highest BCUT2D eigenvalue weighted by atomic mass is 32.1. The van der Waals surface area contributed by atoms with E-state index in [1.165, 1.54) is 17.7 Å². The molecule has 0 saturated carbocycles. The maximum atomic E-state index is 11.8. The zero-order valence-electron chi connectivity index (χ0n) is 9.29. The van der Waals surface area contributed by atoms with Crippen LogP contribution in [0.25, 0.3) is 0 Å². The minimum atomic E-state index is -0.229. The number of imidazole rings is 1. The second kappa shape index (κ2) is 4.05. The molecule has 0 atom stereocenters. The summed E-state index contributed by atoms with van der Waals surface area (Å²) in [4.78, 5) is 23.9. The molecule has 0 aliphatic carbocycles. The standard InChI is InChI=1S/C10H12N4OS/c1-5-7(3)16-10(13-5)14-9(15)8-6(2)11-4-12-8/h4H,1-3H3,(H,11,12)(H,13,14,15). The first kappa shape index (κ1) is 10.8. The molecule has 0 aromatic carbocycles. The van der Waals surface area contributed by atoms with Crippen LogP contribution in [0.15, 0.2) is 6.33 Å². The van der Waals surface area contributed by atoms with Gasteiger partial charge in [0.05, 0.1) is 12.0 Å². The Bertz CT molecular complexity index is 509. The Hall–Kier alpha value is -1.69. The number of nitrogens with one attached hydrogen (secondary N) is 2. The van der Waals surface area contributed by atoms with Gasteiger partial charge in [-0.2, -0.15) is 0 Å². The summed E-state index contributed by atoms with van der Waals surface area (Å²) in [7, 11) is 0. The van der Waals surface area contributed by atoms with E-state index in [2.05, 4.69) is 20.3 Å². The molecule has 0 aliphatic heterocycles. The molecule has 1 amide bonds. The van der Waals surface area contributed by atoms with Gasteiger partial charge in [0.1, 0.15) is 5.69 Å². The van der Waals surface area contributed by atoms with Gasteiger partial charge in [0, 0.05) is 10.6 Å². The van der Waals surface area contributed by atoms with Crippen molar-refractivity contribution in [2.45, 2.75) is 20.8 Å². The van der Waals surface area contributed by atoms with E-state index < -0.39 is 0 Å². The molecular weight excluding hydrogens is 224 g/mol. The molecule has 0 unspecified atom stereocenters. The molecule has 6 heteroatoms. The smallest absolute Gasteiger partial charge is 0.277 e. The number of H-pyrrole nitrogens is 1. The van der Waals surface area contributed by atoms with Crippen LogP contribution in [0.3, 0.4) is 0 Å². The molecule has 2 aromatic heterocycles. The maximum Gasteiger partial charge on any atom is 0.277 e. The van der Waals surface area contributed by atoms with E-state index in [0.29, 0.717) is 10.8 Å². The Morgan fingerprint density at radius 3 is 2.69 bits per heavy atom. The van der Waals surface area contributed by atoms with Crippen LogP contribution in [0.5, 0.6) is 0 Å². The van der Waals surface area contributed by atoms with E-state index in [-0.39, 0.29) is 5.91 Å². The van der Waals surface area contributed by atoms with Gasteiger partial charge in [-0.05, 0) is 20.8 Å². The Balaban J connectivity index is 2.17. The predicted molar refractivity (Wildman–Crippen MR) is 62.9 cm³/mol. The Morgan fingerprint density at radius 1 is 1.44 bits per heavy atom. The van der Waals surface area contributed by atoms with Gasteiger partial charge in [0.2, 0.25) is 0 Å². The van der Waals surface area contributed by atoms with Crippen molar-refractivity contribution in [2.24, 2.45) is 0 Å². The van der Waals surface area contributed by atoms with Crippen LogP contribution in [0, 0.1) is 20.8 Å². The van der Waals surface area contributed by atoms with Crippen molar-refractivity contribution >= 4 is 22.4 Å². The molecule has 2 heterocycles. The van der Waals surface area contributed by atoms with E-state index in [9.17, 15) is 4.79 Å². The number of rotatable bonds is 2. The number of aromatic nitrogens is 3. The summed E-state index contributed by atoms with van der Waals surface area (Å²) in [5.74, 6) is -0.229. The van der Waals surface area contributed by atoms with Crippen LogP contribution in [0.4, 0.5) is 5.13 Å². The Labute approximate surface area is 96.9 Å². The average molecular weight is 236 g/mol. The molecule has 0 aliphatic rings. The van der Waals surface area contributed by atoms with Crippen LogP contribution < -0.4 is 5.32 Å². The number of hydrogen-bond acceptors (Lipinski definition) is 4. The molecular formula is C10H12N4OS. The molecule has 0 bridgehead atoms. The second-order valence-corrected chi connectivity index (χ2v) is 4.69. The van der Waals surface area contributed by atoms with Crippen molar-refractivity contribution in [2.75, 3.05) is 5.32 Å². The summed E-state index contributed by atoms with van der Waals surface area (Å²) in [6.07, 6.45) is 1.50. The quantitative estimate of drug-likeness (QED) is 0.838. The second-order valence-electron chi connectivity index (χ2n) is 3.49. The lowest BCUT2D eigenvalue weighted by molar-refractivity contribution is 0.102. The maximum absolute atomic E-state index is 11.8. The number of anilines is 1. The normalized spacial score (nSPS) is 10.4. The van der Waals surface area contributed by atoms with E-state index >= 15 is 0 Å². The van der Waals surface area contributed by atoms with E-state index in [1.807, 2.05) is 13.8 Å². The first-order valence-electron chi connectivity index (χ1n) is 4.83. The number of amides is 1. The van der Waals surface area contributed by atoms with Crippen LogP contribution in [-0.2, 0) is 0 Å². The Kier molecular flexibility index (Phi) is 2.74. The van der Waals surface area contributed by atoms with Crippen molar-refractivity contribution in [3.8, 4) is 0 Å². The molecule has 2 N–H and O–H groups in total. The largest absolute Gasteiger partial charge is 0.348 e.